The highest BCUT2D eigenvalue weighted by molar-refractivity contribution is 7.17. The van der Waals surface area contributed by atoms with Crippen molar-refractivity contribution in [2.75, 3.05) is 18.6 Å². The molecular weight excluding hydrogens is 528 g/mol. The highest BCUT2D eigenvalue weighted by atomic mass is 32.1. The van der Waals surface area contributed by atoms with Crippen molar-refractivity contribution in [1.82, 2.24) is 4.98 Å². The van der Waals surface area contributed by atoms with E-state index in [1.54, 1.807) is 31.2 Å². The Hall–Kier alpha value is -4.24. The number of methoxy groups -OCH3 is 1. The summed E-state index contributed by atoms with van der Waals surface area (Å²) in [6.07, 6.45) is 1.63. The second kappa shape index (κ2) is 11.1. The molecule has 0 unspecified atom stereocenters. The number of hydrogen-bond donors (Lipinski definition) is 1. The number of aliphatic hydroxyl groups is 1. The number of esters is 1. The van der Waals surface area contributed by atoms with Crippen LogP contribution in [0.25, 0.3) is 5.76 Å². The second-order valence-corrected chi connectivity index (χ2v) is 11.5. The summed E-state index contributed by atoms with van der Waals surface area (Å²) in [5, 5.41) is 11.7. The van der Waals surface area contributed by atoms with Gasteiger partial charge in [0, 0.05) is 5.56 Å². The molecule has 1 amide bonds. The highest BCUT2D eigenvalue weighted by Gasteiger charge is 2.48. The molecule has 1 fully saturated rings. The Morgan fingerprint density at radius 3 is 2.40 bits per heavy atom. The first-order valence-electron chi connectivity index (χ1n) is 12.7. The van der Waals surface area contributed by atoms with E-state index in [9.17, 15) is 19.5 Å². The average Bonchev–Trinajstić information content (AvgIpc) is 3.43. The van der Waals surface area contributed by atoms with Gasteiger partial charge < -0.3 is 14.6 Å². The molecule has 0 aliphatic carbocycles. The molecule has 0 spiro atoms. The summed E-state index contributed by atoms with van der Waals surface area (Å²) >= 11 is 0.961. The maximum atomic E-state index is 13.5. The number of benzene rings is 2. The van der Waals surface area contributed by atoms with E-state index in [2.05, 4.69) is 32.3 Å². The number of Topliss-reactive ketones (excluding diaryl/α,β-unsaturated/α-hetero) is 1. The van der Waals surface area contributed by atoms with Crippen LogP contribution in [0, 0.1) is 13.8 Å². The molecule has 0 bridgehead atoms. The monoisotopic (exact) mass is 560 g/mol. The number of nitrogens with zero attached hydrogens (tertiary/aromatic N) is 2. The third kappa shape index (κ3) is 5.29. The Bertz CT molecular complexity index is 1530. The second-order valence-electron chi connectivity index (χ2n) is 10.5. The summed E-state index contributed by atoms with van der Waals surface area (Å²) in [7, 11) is 1.26. The number of aliphatic hydroxyl groups excluding tert-OH is 1. The van der Waals surface area contributed by atoms with Crippen LogP contribution in [0.5, 0.6) is 5.75 Å². The molecule has 0 radical (unpaired) electrons. The van der Waals surface area contributed by atoms with Gasteiger partial charge in [-0.2, -0.15) is 0 Å². The molecule has 3 aromatic rings. The van der Waals surface area contributed by atoms with Crippen LogP contribution < -0.4 is 9.64 Å². The Kier molecular flexibility index (Phi) is 7.98. The van der Waals surface area contributed by atoms with Crippen LogP contribution in [-0.4, -0.2) is 41.5 Å². The van der Waals surface area contributed by atoms with Gasteiger partial charge in [0.05, 0.1) is 24.4 Å². The highest BCUT2D eigenvalue weighted by Crippen LogP contribution is 2.44. The minimum Gasteiger partial charge on any atom is -0.507 e. The zero-order valence-corrected chi connectivity index (χ0v) is 24.2. The van der Waals surface area contributed by atoms with Crippen LogP contribution >= 0.6 is 11.3 Å². The summed E-state index contributed by atoms with van der Waals surface area (Å²) in [5.41, 5.74) is 2.98. The quantitative estimate of drug-likeness (QED) is 0.124. The molecule has 9 heteroatoms. The van der Waals surface area contributed by atoms with Crippen LogP contribution in [0.15, 0.2) is 60.7 Å². The molecule has 208 valence electrons. The van der Waals surface area contributed by atoms with Crippen molar-refractivity contribution in [2.45, 2.75) is 46.1 Å². The molecule has 8 nitrogen and oxygen atoms in total. The Morgan fingerprint density at radius 1 is 1.15 bits per heavy atom. The smallest absolute Gasteiger partial charge is 0.350 e. The van der Waals surface area contributed by atoms with Gasteiger partial charge >= 0.3 is 11.9 Å². The van der Waals surface area contributed by atoms with E-state index in [-0.39, 0.29) is 26.8 Å². The number of ether oxygens (including phenoxy) is 2. The third-order valence-electron chi connectivity index (χ3n) is 6.70. The lowest BCUT2D eigenvalue weighted by Crippen LogP contribution is -2.29. The van der Waals surface area contributed by atoms with E-state index >= 15 is 0 Å². The fourth-order valence-corrected chi connectivity index (χ4v) is 5.55. The summed E-state index contributed by atoms with van der Waals surface area (Å²) in [5.74, 6) is -1.98. The van der Waals surface area contributed by atoms with Crippen molar-refractivity contribution in [3.05, 3.63) is 93.5 Å². The molecule has 1 aliphatic heterocycles. The van der Waals surface area contributed by atoms with Gasteiger partial charge in [-0.3, -0.25) is 14.5 Å². The van der Waals surface area contributed by atoms with E-state index < -0.39 is 23.7 Å². The lowest BCUT2D eigenvalue weighted by atomic mass is 9.85. The molecule has 0 saturated carbocycles. The Morgan fingerprint density at radius 2 is 1.82 bits per heavy atom. The molecule has 2 heterocycles. The zero-order chi connectivity index (χ0) is 29.4. The molecule has 1 saturated heterocycles. The minimum atomic E-state index is -0.970. The normalized spacial score (nSPS) is 16.8. The van der Waals surface area contributed by atoms with E-state index in [4.69, 9.17) is 9.47 Å². The maximum Gasteiger partial charge on any atom is 0.350 e. The summed E-state index contributed by atoms with van der Waals surface area (Å²) in [6.45, 7) is 13.7. The summed E-state index contributed by atoms with van der Waals surface area (Å²) < 4.78 is 10.5. The predicted octanol–water partition coefficient (Wildman–Crippen LogP) is 6.04. The summed E-state index contributed by atoms with van der Waals surface area (Å²) in [6, 6.07) is 11.6. The van der Waals surface area contributed by atoms with Gasteiger partial charge in [-0.25, -0.2) is 9.78 Å². The van der Waals surface area contributed by atoms with E-state index in [1.807, 2.05) is 31.2 Å². The fraction of sp³-hybridized carbons (Fsp3) is 0.290. The Balaban J connectivity index is 1.90. The van der Waals surface area contributed by atoms with Gasteiger partial charge in [-0.15, -0.1) is 0 Å². The molecule has 1 aromatic heterocycles. The van der Waals surface area contributed by atoms with Crippen molar-refractivity contribution < 1.29 is 29.0 Å². The number of aromatic nitrogens is 1. The lowest BCUT2D eigenvalue weighted by molar-refractivity contribution is -0.132. The number of thiazole rings is 1. The van der Waals surface area contributed by atoms with E-state index in [0.29, 0.717) is 29.2 Å². The van der Waals surface area contributed by atoms with Crippen molar-refractivity contribution in [3.8, 4) is 5.75 Å². The number of amides is 1. The van der Waals surface area contributed by atoms with Crippen LogP contribution in [0.2, 0.25) is 0 Å². The largest absolute Gasteiger partial charge is 0.507 e. The molecule has 40 heavy (non-hydrogen) atoms. The van der Waals surface area contributed by atoms with Crippen molar-refractivity contribution in [1.29, 1.82) is 0 Å². The van der Waals surface area contributed by atoms with Crippen LogP contribution in [0.1, 0.15) is 64.4 Å². The number of carbonyl (C=O) groups excluding carboxylic acids is 3. The third-order valence-corrected chi connectivity index (χ3v) is 7.84. The van der Waals surface area contributed by atoms with Gasteiger partial charge in [0.2, 0.25) is 0 Å². The molecule has 2 aromatic carbocycles. The van der Waals surface area contributed by atoms with E-state index in [0.717, 1.165) is 22.5 Å². The molecule has 1 N–H and O–H groups in total. The number of aryl methyl sites for hydroxylation is 2. The number of ketones is 1. The first-order valence-corrected chi connectivity index (χ1v) is 13.5. The minimum absolute atomic E-state index is 0.0693. The number of carbonyl (C=O) groups is 3. The topological polar surface area (TPSA) is 106 Å². The van der Waals surface area contributed by atoms with Gasteiger partial charge in [0.15, 0.2) is 5.13 Å². The first-order chi connectivity index (χ1) is 18.9. The molecule has 4 rings (SSSR count). The van der Waals surface area contributed by atoms with Crippen molar-refractivity contribution >= 4 is 39.9 Å². The van der Waals surface area contributed by atoms with Crippen molar-refractivity contribution in [3.63, 3.8) is 0 Å². The van der Waals surface area contributed by atoms with Gasteiger partial charge in [-0.1, -0.05) is 69.0 Å². The lowest BCUT2D eigenvalue weighted by Gasteiger charge is -2.25. The van der Waals surface area contributed by atoms with Gasteiger partial charge in [0.1, 0.15) is 23.0 Å². The summed E-state index contributed by atoms with van der Waals surface area (Å²) in [4.78, 5) is 45.2. The fourth-order valence-electron chi connectivity index (χ4n) is 4.54. The SMILES string of the molecule is C=CCOc1ccc(C(O)=C2C(=O)C(=O)N(c3nc(C)c(C(=O)OC)s3)[C@@H]2c2ccc(C(C)(C)C)cc2)cc1C. The van der Waals surface area contributed by atoms with Crippen LogP contribution in [0.3, 0.4) is 0 Å². The zero-order valence-electron chi connectivity index (χ0n) is 23.4. The van der Waals surface area contributed by atoms with Crippen molar-refractivity contribution in [2.24, 2.45) is 0 Å². The van der Waals surface area contributed by atoms with Gasteiger partial charge in [0.25, 0.3) is 5.78 Å². The number of rotatable bonds is 7. The van der Waals surface area contributed by atoms with Crippen LogP contribution in [-0.2, 0) is 19.7 Å². The Labute approximate surface area is 237 Å². The predicted molar refractivity (Wildman–Crippen MR) is 155 cm³/mol. The standard InChI is InChI=1S/C31H32N2O6S/c1-8-15-39-22-14-11-20(16-17(22)2)25(34)23-24(19-9-12-21(13-10-19)31(4,5)6)33(28(36)26(23)35)30-32-18(3)27(40-30)29(37)38-7/h8-14,16,24,34H,1,15H2,2-7H3/t24-/m1/s1. The van der Waals surface area contributed by atoms with E-state index in [1.165, 1.54) is 12.0 Å². The first kappa shape index (κ1) is 28.8. The molecule has 1 atom stereocenters. The van der Waals surface area contributed by atoms with Crippen LogP contribution in [0.4, 0.5) is 5.13 Å². The van der Waals surface area contributed by atoms with Gasteiger partial charge in [-0.05, 0) is 54.2 Å². The molecular formula is C31H32N2O6S. The number of anilines is 1. The maximum absolute atomic E-state index is 13.5. The average molecular weight is 561 g/mol. The number of hydrogen-bond acceptors (Lipinski definition) is 8. The molecule has 1 aliphatic rings.